The first-order chi connectivity index (χ1) is 8.29. The normalized spacial score (nSPS) is 16.7. The first kappa shape index (κ1) is 12.4. The van der Waals surface area contributed by atoms with Gasteiger partial charge in [-0.3, -0.25) is 0 Å². The van der Waals surface area contributed by atoms with Gasteiger partial charge in [-0.1, -0.05) is 6.07 Å². The van der Waals surface area contributed by atoms with Crippen LogP contribution in [0.2, 0.25) is 0 Å². The molecule has 0 bridgehead atoms. The smallest absolute Gasteiger partial charge is 0.140 e. The molecule has 0 amide bonds. The number of nitriles is 1. The molecule has 0 saturated carbocycles. The monoisotopic (exact) mass is 251 g/mol. The Balaban J connectivity index is 1.92. The van der Waals surface area contributed by atoms with Crippen molar-refractivity contribution in [2.45, 2.75) is 23.8 Å². The Morgan fingerprint density at radius 2 is 2.18 bits per heavy atom. The minimum atomic E-state index is -0.438. The summed E-state index contributed by atoms with van der Waals surface area (Å²) in [4.78, 5) is 0. The van der Waals surface area contributed by atoms with Crippen molar-refractivity contribution in [1.29, 1.82) is 5.26 Å². The molecule has 0 aliphatic carbocycles. The molecule has 0 N–H and O–H groups in total. The van der Waals surface area contributed by atoms with Gasteiger partial charge in [-0.15, -0.1) is 0 Å². The zero-order chi connectivity index (χ0) is 12.1. The molecule has 1 aromatic rings. The highest BCUT2D eigenvalue weighted by molar-refractivity contribution is 7.99. The Bertz CT molecular complexity index is 424. The number of hydrogen-bond donors (Lipinski definition) is 0. The van der Waals surface area contributed by atoms with Crippen LogP contribution in [0.15, 0.2) is 18.2 Å². The predicted octanol–water partition coefficient (Wildman–Crippen LogP) is 3.11. The molecule has 0 radical (unpaired) electrons. The maximum absolute atomic E-state index is 13.1. The number of ether oxygens (including phenoxy) is 1. The topological polar surface area (TPSA) is 33.0 Å². The molecule has 1 saturated heterocycles. The second-order valence-electron chi connectivity index (χ2n) is 4.05. The van der Waals surface area contributed by atoms with Crippen LogP contribution in [0.1, 0.15) is 24.0 Å². The molecule has 90 valence electrons. The lowest BCUT2D eigenvalue weighted by atomic mass is 10.1. The highest BCUT2D eigenvalue weighted by Crippen LogP contribution is 2.26. The van der Waals surface area contributed by atoms with Crippen LogP contribution >= 0.6 is 11.8 Å². The zero-order valence-electron chi connectivity index (χ0n) is 9.49. The summed E-state index contributed by atoms with van der Waals surface area (Å²) in [6, 6.07) is 6.64. The van der Waals surface area contributed by atoms with Gasteiger partial charge in [0.1, 0.15) is 11.9 Å². The Morgan fingerprint density at radius 1 is 1.41 bits per heavy atom. The quantitative estimate of drug-likeness (QED) is 0.827. The molecule has 1 aromatic carbocycles. The van der Waals surface area contributed by atoms with Crippen LogP contribution in [0.25, 0.3) is 0 Å². The lowest BCUT2D eigenvalue weighted by molar-refractivity contribution is 0.1000. The molecule has 0 aromatic heterocycles. The third kappa shape index (κ3) is 3.45. The summed E-state index contributed by atoms with van der Waals surface area (Å²) in [5.74, 6) is 0.395. The van der Waals surface area contributed by atoms with Crippen LogP contribution in [-0.4, -0.2) is 18.5 Å². The lowest BCUT2D eigenvalue weighted by Gasteiger charge is -2.21. The van der Waals surface area contributed by atoms with E-state index in [1.165, 1.54) is 6.07 Å². The first-order valence-corrected chi connectivity index (χ1v) is 6.72. The molecule has 2 rings (SSSR count). The van der Waals surface area contributed by atoms with Crippen LogP contribution in [0.3, 0.4) is 0 Å². The molecule has 17 heavy (non-hydrogen) atoms. The maximum atomic E-state index is 13.1. The molecule has 1 aliphatic heterocycles. The number of halogens is 1. The number of hydrogen-bond acceptors (Lipinski definition) is 3. The van der Waals surface area contributed by atoms with Crippen molar-refractivity contribution in [1.82, 2.24) is 0 Å². The summed E-state index contributed by atoms with van der Waals surface area (Å²) in [6.45, 7) is 1.68. The third-order valence-electron chi connectivity index (χ3n) is 2.81. The third-order valence-corrected chi connectivity index (χ3v) is 4.25. The summed E-state index contributed by atoms with van der Waals surface area (Å²) in [6.07, 6.45) is 2.16. The molecule has 1 fully saturated rings. The Morgan fingerprint density at radius 3 is 2.88 bits per heavy atom. The van der Waals surface area contributed by atoms with Crippen LogP contribution in [0.5, 0.6) is 0 Å². The van der Waals surface area contributed by atoms with E-state index in [0.29, 0.717) is 5.25 Å². The van der Waals surface area contributed by atoms with E-state index in [0.717, 1.165) is 37.4 Å². The van der Waals surface area contributed by atoms with Gasteiger partial charge >= 0.3 is 0 Å². The summed E-state index contributed by atoms with van der Waals surface area (Å²) >= 11 is 1.86. The Labute approximate surface area is 105 Å². The molecular formula is C13H14FNOS. The largest absolute Gasteiger partial charge is 0.381 e. The van der Waals surface area contributed by atoms with E-state index in [1.807, 2.05) is 17.8 Å². The summed E-state index contributed by atoms with van der Waals surface area (Å²) in [5.41, 5.74) is 1.15. The van der Waals surface area contributed by atoms with E-state index in [1.54, 1.807) is 12.1 Å². The molecule has 0 unspecified atom stereocenters. The molecule has 1 aliphatic rings. The van der Waals surface area contributed by atoms with Crippen LogP contribution in [0, 0.1) is 17.1 Å². The van der Waals surface area contributed by atoms with Gasteiger partial charge < -0.3 is 4.74 Å². The second kappa shape index (κ2) is 6.04. The fraction of sp³-hybridized carbons (Fsp3) is 0.462. The Kier molecular flexibility index (Phi) is 4.41. The average Bonchev–Trinajstić information content (AvgIpc) is 2.39. The van der Waals surface area contributed by atoms with E-state index in [4.69, 9.17) is 10.00 Å². The van der Waals surface area contributed by atoms with E-state index in [2.05, 4.69) is 0 Å². The van der Waals surface area contributed by atoms with Crippen molar-refractivity contribution >= 4 is 11.8 Å². The minimum absolute atomic E-state index is 0.134. The highest BCUT2D eigenvalue weighted by atomic mass is 32.2. The Hall–Kier alpha value is -1.05. The van der Waals surface area contributed by atoms with Gasteiger partial charge in [0.2, 0.25) is 0 Å². The summed E-state index contributed by atoms with van der Waals surface area (Å²) in [5, 5.41) is 9.37. The van der Waals surface area contributed by atoms with Gasteiger partial charge in [0.25, 0.3) is 0 Å². The van der Waals surface area contributed by atoms with Gasteiger partial charge in [0.05, 0.1) is 5.56 Å². The van der Waals surface area contributed by atoms with Crippen molar-refractivity contribution in [2.24, 2.45) is 0 Å². The van der Waals surface area contributed by atoms with Crippen molar-refractivity contribution in [3.63, 3.8) is 0 Å². The van der Waals surface area contributed by atoms with Gasteiger partial charge in [-0.2, -0.15) is 17.0 Å². The molecule has 0 spiro atoms. The molecule has 0 atom stereocenters. The summed E-state index contributed by atoms with van der Waals surface area (Å²) < 4.78 is 18.4. The summed E-state index contributed by atoms with van der Waals surface area (Å²) in [7, 11) is 0. The van der Waals surface area contributed by atoms with Crippen LogP contribution in [-0.2, 0) is 10.5 Å². The van der Waals surface area contributed by atoms with Gasteiger partial charge in [0, 0.05) is 24.2 Å². The van der Waals surface area contributed by atoms with E-state index in [9.17, 15) is 4.39 Å². The molecule has 1 heterocycles. The number of benzene rings is 1. The zero-order valence-corrected chi connectivity index (χ0v) is 10.3. The van der Waals surface area contributed by atoms with Crippen LogP contribution in [0.4, 0.5) is 4.39 Å². The predicted molar refractivity (Wildman–Crippen MR) is 66.3 cm³/mol. The second-order valence-corrected chi connectivity index (χ2v) is 5.34. The SMILES string of the molecule is N#Cc1cc(CSC2CCOCC2)ccc1F. The lowest BCUT2D eigenvalue weighted by Crippen LogP contribution is -2.17. The minimum Gasteiger partial charge on any atom is -0.381 e. The van der Waals surface area contributed by atoms with E-state index < -0.39 is 5.82 Å². The van der Waals surface area contributed by atoms with Crippen molar-refractivity contribution in [2.75, 3.05) is 13.2 Å². The fourth-order valence-corrected chi connectivity index (χ4v) is 2.94. The molecule has 4 heteroatoms. The number of rotatable bonds is 3. The standard InChI is InChI=1S/C13H14FNOS/c14-13-2-1-10(7-11(13)8-15)9-17-12-3-5-16-6-4-12/h1-2,7,12H,3-6,9H2. The molecular weight excluding hydrogens is 237 g/mol. The fourth-order valence-electron chi connectivity index (χ4n) is 1.80. The number of thioether (sulfide) groups is 1. The van der Waals surface area contributed by atoms with Crippen molar-refractivity contribution in [3.05, 3.63) is 35.1 Å². The van der Waals surface area contributed by atoms with Gasteiger partial charge in [-0.25, -0.2) is 4.39 Å². The first-order valence-electron chi connectivity index (χ1n) is 5.67. The highest BCUT2D eigenvalue weighted by Gasteiger charge is 2.14. The number of nitrogens with zero attached hydrogens (tertiary/aromatic N) is 1. The van der Waals surface area contributed by atoms with Gasteiger partial charge in [-0.05, 0) is 30.5 Å². The van der Waals surface area contributed by atoms with Gasteiger partial charge in [0.15, 0.2) is 0 Å². The van der Waals surface area contributed by atoms with Crippen LogP contribution < -0.4 is 0 Å². The maximum Gasteiger partial charge on any atom is 0.140 e. The molecule has 2 nitrogen and oxygen atoms in total. The van der Waals surface area contributed by atoms with E-state index in [-0.39, 0.29) is 5.56 Å². The van der Waals surface area contributed by atoms with Crippen molar-refractivity contribution in [3.8, 4) is 6.07 Å². The average molecular weight is 251 g/mol. The van der Waals surface area contributed by atoms with E-state index >= 15 is 0 Å². The van der Waals surface area contributed by atoms with Crippen molar-refractivity contribution < 1.29 is 9.13 Å².